The molecule has 1 aliphatic rings. The van der Waals surface area contributed by atoms with Gasteiger partial charge in [0, 0.05) is 29.1 Å². The number of halogens is 5. The number of hydrogen-bond acceptors (Lipinski definition) is 5. The topological polar surface area (TPSA) is 101 Å². The molecule has 3 heterocycles. The van der Waals surface area contributed by atoms with Crippen LogP contribution in [0, 0.1) is 18.6 Å². The van der Waals surface area contributed by atoms with Gasteiger partial charge in [-0.05, 0) is 31.0 Å². The maximum absolute atomic E-state index is 14.0. The lowest BCUT2D eigenvalue weighted by Crippen LogP contribution is -2.40. The molecule has 0 bridgehead atoms. The molecule has 1 aromatic carbocycles. The van der Waals surface area contributed by atoms with Crippen molar-refractivity contribution in [3.05, 3.63) is 59.1 Å². The number of anilines is 1. The summed E-state index contributed by atoms with van der Waals surface area (Å²) in [6.07, 6.45) is -2.03. The van der Waals surface area contributed by atoms with Gasteiger partial charge in [-0.1, -0.05) is 0 Å². The Morgan fingerprint density at radius 3 is 2.59 bits per heavy atom. The second kappa shape index (κ2) is 8.53. The Kier molecular flexibility index (Phi) is 6.00. The average Bonchev–Trinajstić information content (AvgIpc) is 3.25. The minimum Gasteiger partial charge on any atom is -0.455 e. The van der Waals surface area contributed by atoms with Crippen molar-refractivity contribution >= 4 is 32.5 Å². The maximum atomic E-state index is 14.0. The molecule has 182 valence electrons. The van der Waals surface area contributed by atoms with Gasteiger partial charge in [0.1, 0.15) is 11.6 Å². The highest BCUT2D eigenvalue weighted by molar-refractivity contribution is 7.91. The molecule has 2 atom stereocenters. The first-order chi connectivity index (χ1) is 15.8. The number of alkyl halides is 3. The van der Waals surface area contributed by atoms with Crippen molar-refractivity contribution in [1.82, 2.24) is 10.3 Å². The number of furan rings is 1. The van der Waals surface area contributed by atoms with E-state index in [2.05, 4.69) is 10.3 Å². The number of aromatic nitrogens is 1. The molecule has 0 radical (unpaired) electrons. The predicted molar refractivity (Wildman–Crippen MR) is 112 cm³/mol. The van der Waals surface area contributed by atoms with Crippen LogP contribution in [0.1, 0.15) is 35.3 Å². The summed E-state index contributed by atoms with van der Waals surface area (Å²) < 4.78 is 97.4. The van der Waals surface area contributed by atoms with Crippen molar-refractivity contribution in [2.24, 2.45) is 0 Å². The molecule has 0 aliphatic carbocycles. The fourth-order valence-corrected chi connectivity index (χ4v) is 5.72. The monoisotopic (exact) mass is 503 g/mol. The number of hydrogen-bond donors (Lipinski definition) is 2. The molecule has 13 heteroatoms. The van der Waals surface area contributed by atoms with Crippen LogP contribution in [0.5, 0.6) is 0 Å². The number of benzene rings is 1. The largest absolute Gasteiger partial charge is 0.455 e. The highest BCUT2D eigenvalue weighted by atomic mass is 32.2. The maximum Gasteiger partial charge on any atom is 0.416 e. The molecule has 1 fully saturated rings. The lowest BCUT2D eigenvalue weighted by molar-refractivity contribution is -0.158. The summed E-state index contributed by atoms with van der Waals surface area (Å²) in [4.78, 5) is 16.3. The summed E-state index contributed by atoms with van der Waals surface area (Å²) in [6.45, 7) is 1.20. The van der Waals surface area contributed by atoms with Gasteiger partial charge < -0.3 is 15.1 Å². The summed E-state index contributed by atoms with van der Waals surface area (Å²) in [5.41, 5.74) is -0.164. The van der Waals surface area contributed by atoms with Crippen LogP contribution in [-0.4, -0.2) is 37.1 Å². The zero-order valence-electron chi connectivity index (χ0n) is 17.5. The fourth-order valence-electron chi connectivity index (χ4n) is 3.94. The van der Waals surface area contributed by atoms with Gasteiger partial charge in [0.25, 0.3) is 0 Å². The van der Waals surface area contributed by atoms with Crippen LogP contribution in [0.3, 0.4) is 0 Å². The van der Waals surface area contributed by atoms with Gasteiger partial charge in [0.15, 0.2) is 27.3 Å². The van der Waals surface area contributed by atoms with Gasteiger partial charge in [-0.2, -0.15) is 13.2 Å². The second-order valence-electron chi connectivity index (χ2n) is 8.04. The van der Waals surface area contributed by atoms with Crippen molar-refractivity contribution in [1.29, 1.82) is 0 Å². The SMILES string of the molecule is Cc1c([C@H](NC(=O)Nc2cncc([C@@H]3CCS(=O)(=O)C3)c2)C(F)(F)F)oc2c(F)cc(F)cc12. The molecule has 3 aromatic rings. The van der Waals surface area contributed by atoms with E-state index in [9.17, 15) is 35.2 Å². The number of rotatable bonds is 4. The number of sulfone groups is 1. The van der Waals surface area contributed by atoms with E-state index in [1.807, 2.05) is 0 Å². The summed E-state index contributed by atoms with van der Waals surface area (Å²) in [5.74, 6) is -3.35. The smallest absolute Gasteiger partial charge is 0.416 e. The molecule has 0 unspecified atom stereocenters. The zero-order valence-corrected chi connectivity index (χ0v) is 18.4. The summed E-state index contributed by atoms with van der Waals surface area (Å²) in [5, 5.41) is 3.80. The van der Waals surface area contributed by atoms with E-state index in [-0.39, 0.29) is 34.1 Å². The number of amides is 2. The van der Waals surface area contributed by atoms with E-state index in [4.69, 9.17) is 4.42 Å². The van der Waals surface area contributed by atoms with Gasteiger partial charge in [0.05, 0.1) is 23.4 Å². The highest BCUT2D eigenvalue weighted by Crippen LogP contribution is 2.39. The fraction of sp³-hybridized carbons (Fsp3) is 0.333. The minimum absolute atomic E-state index is 0.0183. The van der Waals surface area contributed by atoms with E-state index in [0.29, 0.717) is 18.1 Å². The van der Waals surface area contributed by atoms with Crippen LogP contribution in [0.25, 0.3) is 11.0 Å². The zero-order chi connectivity index (χ0) is 24.8. The molecule has 7 nitrogen and oxygen atoms in total. The van der Waals surface area contributed by atoms with Crippen LogP contribution >= 0.6 is 0 Å². The van der Waals surface area contributed by atoms with Crippen LogP contribution in [0.2, 0.25) is 0 Å². The number of pyridine rings is 1. The van der Waals surface area contributed by atoms with Crippen molar-refractivity contribution in [3.8, 4) is 0 Å². The highest BCUT2D eigenvalue weighted by Gasteiger charge is 2.45. The standard InChI is InChI=1S/C21H18F5N3O4S/c1-10-15-5-13(22)6-16(23)18(15)33-17(10)19(21(24,25)26)29-20(30)28-14-4-12(7-27-8-14)11-2-3-34(31,32)9-11/h4-8,11,19H,2-3,9H2,1H3,(H2,28,29,30)/t11-,19+/m1/s1. The average molecular weight is 503 g/mol. The number of carbonyl (C=O) groups excluding carboxylic acids is 1. The summed E-state index contributed by atoms with van der Waals surface area (Å²) in [7, 11) is -3.18. The Bertz CT molecular complexity index is 1370. The number of nitrogens with zero attached hydrogens (tertiary/aromatic N) is 1. The summed E-state index contributed by atoms with van der Waals surface area (Å²) >= 11 is 0. The van der Waals surface area contributed by atoms with Gasteiger partial charge in [-0.25, -0.2) is 22.0 Å². The minimum atomic E-state index is -5.02. The number of urea groups is 1. The molecule has 0 saturated carbocycles. The van der Waals surface area contributed by atoms with E-state index in [1.54, 1.807) is 5.32 Å². The number of carbonyl (C=O) groups is 1. The molecule has 1 aliphatic heterocycles. The Labute approximate surface area is 190 Å². The third-order valence-corrected chi connectivity index (χ3v) is 7.35. The van der Waals surface area contributed by atoms with Crippen molar-refractivity contribution < 1.29 is 39.6 Å². The van der Waals surface area contributed by atoms with Crippen LogP contribution in [0.4, 0.5) is 32.4 Å². The van der Waals surface area contributed by atoms with Crippen LogP contribution in [0.15, 0.2) is 35.0 Å². The molecule has 2 aromatic heterocycles. The first-order valence-corrected chi connectivity index (χ1v) is 11.8. The second-order valence-corrected chi connectivity index (χ2v) is 10.3. The Morgan fingerprint density at radius 1 is 1.21 bits per heavy atom. The molecule has 2 amide bonds. The van der Waals surface area contributed by atoms with E-state index in [0.717, 1.165) is 6.07 Å². The lowest BCUT2D eigenvalue weighted by Gasteiger charge is -2.21. The Morgan fingerprint density at radius 2 is 1.94 bits per heavy atom. The Balaban J connectivity index is 1.57. The predicted octanol–water partition coefficient (Wildman–Crippen LogP) is 4.74. The van der Waals surface area contributed by atoms with Crippen molar-refractivity contribution in [3.63, 3.8) is 0 Å². The van der Waals surface area contributed by atoms with Crippen molar-refractivity contribution in [2.45, 2.75) is 31.5 Å². The van der Waals surface area contributed by atoms with Gasteiger partial charge >= 0.3 is 12.2 Å². The van der Waals surface area contributed by atoms with Gasteiger partial charge in [-0.3, -0.25) is 4.98 Å². The number of aryl methyl sites for hydroxylation is 1. The molecule has 2 N–H and O–H groups in total. The van der Waals surface area contributed by atoms with E-state index >= 15 is 0 Å². The third kappa shape index (κ3) is 4.83. The first kappa shape index (κ1) is 23.9. The van der Waals surface area contributed by atoms with Crippen LogP contribution in [-0.2, 0) is 9.84 Å². The third-order valence-electron chi connectivity index (χ3n) is 5.58. The molecule has 0 spiro atoms. The lowest BCUT2D eigenvalue weighted by atomic mass is 10.0. The van der Waals surface area contributed by atoms with E-state index in [1.165, 1.54) is 25.4 Å². The Hall–Kier alpha value is -3.22. The molecular weight excluding hydrogens is 485 g/mol. The quantitative estimate of drug-likeness (QED) is 0.501. The van der Waals surface area contributed by atoms with Gasteiger partial charge in [0.2, 0.25) is 0 Å². The van der Waals surface area contributed by atoms with E-state index < -0.39 is 51.1 Å². The first-order valence-electron chi connectivity index (χ1n) is 10.0. The summed E-state index contributed by atoms with van der Waals surface area (Å²) in [6, 6.07) is -1.15. The van der Waals surface area contributed by atoms with Gasteiger partial charge in [-0.15, -0.1) is 0 Å². The molecule has 34 heavy (non-hydrogen) atoms. The molecule has 1 saturated heterocycles. The number of fused-ring (bicyclic) bond motifs is 1. The normalized spacial score (nSPS) is 18.7. The van der Waals surface area contributed by atoms with Crippen molar-refractivity contribution in [2.75, 3.05) is 16.8 Å². The molecule has 4 rings (SSSR count). The van der Waals surface area contributed by atoms with Crippen LogP contribution < -0.4 is 10.6 Å². The number of nitrogens with one attached hydrogen (secondary N) is 2. The molecular formula is C21H18F5N3O4S.